The molecule has 6 rings (SSSR count). The van der Waals surface area contributed by atoms with Crippen LogP contribution in [0.25, 0.3) is 10.9 Å². The van der Waals surface area contributed by atoms with Crippen molar-refractivity contribution in [1.82, 2.24) is 15.0 Å². The summed E-state index contributed by atoms with van der Waals surface area (Å²) in [6.07, 6.45) is 6.30. The summed E-state index contributed by atoms with van der Waals surface area (Å²) in [5.74, 6) is 1.61. The SMILES string of the molecule is C=C1C(=O)N(c2ccc3ncnc(Nc4ccc(Cc5ccnc(N=CN)c5)c(C)c4)c3c2)C2CC12. The monoisotopic (exact) mass is 475 g/mol. The Balaban J connectivity index is 1.27. The number of fused-ring (bicyclic) bond motifs is 2. The Bertz CT molecular complexity index is 1560. The lowest BCUT2D eigenvalue weighted by atomic mass is 10.0. The number of aromatic nitrogens is 3. The molecular weight excluding hydrogens is 450 g/mol. The Kier molecular flexibility index (Phi) is 5.21. The number of aliphatic imine (C=N–C) groups is 1. The molecule has 2 aromatic carbocycles. The van der Waals surface area contributed by atoms with E-state index in [1.54, 1.807) is 12.5 Å². The zero-order chi connectivity index (χ0) is 24.8. The second-order valence-corrected chi connectivity index (χ2v) is 9.28. The number of nitrogens with two attached hydrogens (primary N) is 1. The van der Waals surface area contributed by atoms with Crippen LogP contribution in [-0.4, -0.2) is 33.2 Å². The van der Waals surface area contributed by atoms with Gasteiger partial charge < -0.3 is 16.0 Å². The van der Waals surface area contributed by atoms with E-state index < -0.39 is 0 Å². The Hall–Kier alpha value is -4.59. The third-order valence-electron chi connectivity index (χ3n) is 6.94. The average molecular weight is 476 g/mol. The van der Waals surface area contributed by atoms with E-state index in [-0.39, 0.29) is 11.9 Å². The minimum absolute atomic E-state index is 0.0179. The summed E-state index contributed by atoms with van der Waals surface area (Å²) in [6.45, 7) is 6.07. The van der Waals surface area contributed by atoms with Crippen LogP contribution in [0.4, 0.5) is 23.0 Å². The molecule has 0 spiro atoms. The van der Waals surface area contributed by atoms with E-state index in [1.807, 2.05) is 41.3 Å². The number of hydrogen-bond acceptors (Lipinski definition) is 6. The molecule has 2 atom stereocenters. The van der Waals surface area contributed by atoms with E-state index in [1.165, 1.54) is 11.9 Å². The minimum atomic E-state index is 0.0179. The van der Waals surface area contributed by atoms with E-state index >= 15 is 0 Å². The Morgan fingerprint density at radius 1 is 1.17 bits per heavy atom. The molecule has 178 valence electrons. The van der Waals surface area contributed by atoms with Crippen molar-refractivity contribution in [2.75, 3.05) is 10.2 Å². The van der Waals surface area contributed by atoms with Gasteiger partial charge in [-0.1, -0.05) is 12.6 Å². The van der Waals surface area contributed by atoms with Crippen molar-refractivity contribution in [3.8, 4) is 0 Å². The number of aryl methyl sites for hydroxylation is 1. The van der Waals surface area contributed by atoms with Crippen molar-refractivity contribution in [2.45, 2.75) is 25.8 Å². The maximum absolute atomic E-state index is 12.7. The Labute approximate surface area is 208 Å². The molecule has 1 saturated carbocycles. The van der Waals surface area contributed by atoms with Crippen molar-refractivity contribution in [1.29, 1.82) is 0 Å². The molecule has 3 N–H and O–H groups in total. The first-order chi connectivity index (χ1) is 17.5. The van der Waals surface area contributed by atoms with E-state index in [0.717, 1.165) is 46.2 Å². The molecule has 0 bridgehead atoms. The molecule has 36 heavy (non-hydrogen) atoms. The first kappa shape index (κ1) is 21.9. The first-order valence-electron chi connectivity index (χ1n) is 11.8. The molecule has 4 aromatic rings. The predicted octanol–water partition coefficient (Wildman–Crippen LogP) is 4.58. The molecule has 8 heteroatoms. The van der Waals surface area contributed by atoms with E-state index in [4.69, 9.17) is 5.73 Å². The number of carbonyl (C=O) groups is 1. The molecule has 1 saturated heterocycles. The Morgan fingerprint density at radius 3 is 2.83 bits per heavy atom. The average Bonchev–Trinajstić information content (AvgIpc) is 3.61. The molecular formula is C28H25N7O. The zero-order valence-electron chi connectivity index (χ0n) is 19.8. The lowest BCUT2D eigenvalue weighted by Gasteiger charge is -2.19. The molecule has 2 unspecified atom stereocenters. The second-order valence-electron chi connectivity index (χ2n) is 9.28. The van der Waals surface area contributed by atoms with E-state index in [0.29, 0.717) is 23.1 Å². The van der Waals surface area contributed by atoms with Crippen LogP contribution in [0.5, 0.6) is 0 Å². The van der Waals surface area contributed by atoms with Crippen LogP contribution in [-0.2, 0) is 11.2 Å². The summed E-state index contributed by atoms with van der Waals surface area (Å²) < 4.78 is 0. The molecule has 1 aliphatic heterocycles. The smallest absolute Gasteiger partial charge is 0.254 e. The van der Waals surface area contributed by atoms with Gasteiger partial charge in [-0.2, -0.15) is 0 Å². The zero-order valence-corrected chi connectivity index (χ0v) is 19.8. The molecule has 3 heterocycles. The van der Waals surface area contributed by atoms with Gasteiger partial charge in [-0.05, 0) is 78.9 Å². The maximum atomic E-state index is 12.7. The molecule has 0 radical (unpaired) electrons. The number of rotatable bonds is 6. The summed E-state index contributed by atoms with van der Waals surface area (Å²) in [5.41, 5.74) is 12.2. The van der Waals surface area contributed by atoms with Crippen LogP contribution >= 0.6 is 0 Å². The van der Waals surface area contributed by atoms with Gasteiger partial charge in [-0.3, -0.25) is 4.79 Å². The third kappa shape index (κ3) is 3.86. The van der Waals surface area contributed by atoms with Gasteiger partial charge in [0.2, 0.25) is 0 Å². The van der Waals surface area contributed by atoms with Gasteiger partial charge in [0, 0.05) is 40.5 Å². The minimum Gasteiger partial charge on any atom is -0.390 e. The van der Waals surface area contributed by atoms with Gasteiger partial charge in [-0.15, -0.1) is 0 Å². The van der Waals surface area contributed by atoms with Crippen LogP contribution in [0.15, 0.2) is 78.2 Å². The lowest BCUT2D eigenvalue weighted by Crippen LogP contribution is -2.28. The molecule has 1 amide bonds. The van der Waals surface area contributed by atoms with Crippen molar-refractivity contribution in [2.24, 2.45) is 16.6 Å². The van der Waals surface area contributed by atoms with Crippen molar-refractivity contribution in [3.63, 3.8) is 0 Å². The fourth-order valence-corrected chi connectivity index (χ4v) is 4.95. The van der Waals surface area contributed by atoms with Gasteiger partial charge >= 0.3 is 0 Å². The van der Waals surface area contributed by atoms with Crippen LogP contribution < -0.4 is 16.0 Å². The summed E-state index contributed by atoms with van der Waals surface area (Å²) in [4.78, 5) is 31.7. The lowest BCUT2D eigenvalue weighted by molar-refractivity contribution is -0.114. The second kappa shape index (κ2) is 8.57. The molecule has 1 aliphatic carbocycles. The topological polar surface area (TPSA) is 109 Å². The highest BCUT2D eigenvalue weighted by molar-refractivity contribution is 6.11. The number of anilines is 3. The summed E-state index contributed by atoms with van der Waals surface area (Å²) >= 11 is 0. The van der Waals surface area contributed by atoms with Crippen LogP contribution in [0.3, 0.4) is 0 Å². The van der Waals surface area contributed by atoms with Crippen LogP contribution in [0.2, 0.25) is 0 Å². The van der Waals surface area contributed by atoms with Crippen LogP contribution in [0, 0.1) is 12.8 Å². The number of piperidine rings is 1. The van der Waals surface area contributed by atoms with Gasteiger partial charge in [0.05, 0.1) is 11.9 Å². The highest BCUT2D eigenvalue weighted by Crippen LogP contribution is 2.50. The van der Waals surface area contributed by atoms with Gasteiger partial charge in [-0.25, -0.2) is 19.9 Å². The number of pyridine rings is 1. The summed E-state index contributed by atoms with van der Waals surface area (Å²) in [6, 6.07) is 16.3. The number of amides is 1. The number of carbonyl (C=O) groups excluding carboxylic acids is 1. The van der Waals surface area contributed by atoms with Crippen molar-refractivity contribution >= 4 is 46.2 Å². The predicted molar refractivity (Wildman–Crippen MR) is 142 cm³/mol. The van der Waals surface area contributed by atoms with Gasteiger partial charge in [0.1, 0.15) is 12.1 Å². The standard InChI is InChI=1S/C28H25N7O/c1-16-9-20(4-3-19(16)10-18-7-8-30-26(11-18)31-14-29)34-27-23-12-21(5-6-24(23)32-15-33-27)35-25-13-22(25)17(2)28(35)36/h3-9,11-12,14-15,22,25H,2,10,13H2,1H3,(H2,29,30,31)(H,32,33,34). The highest BCUT2D eigenvalue weighted by atomic mass is 16.2. The highest BCUT2D eigenvalue weighted by Gasteiger charge is 2.54. The van der Waals surface area contributed by atoms with Crippen molar-refractivity contribution in [3.05, 3.63) is 89.9 Å². The van der Waals surface area contributed by atoms with E-state index in [9.17, 15) is 4.79 Å². The van der Waals surface area contributed by atoms with E-state index in [2.05, 4.69) is 50.9 Å². The third-order valence-corrected chi connectivity index (χ3v) is 6.94. The van der Waals surface area contributed by atoms with Gasteiger partial charge in [0.15, 0.2) is 5.82 Å². The number of benzene rings is 2. The largest absolute Gasteiger partial charge is 0.390 e. The summed E-state index contributed by atoms with van der Waals surface area (Å²) in [5, 5.41) is 4.31. The quantitative estimate of drug-likeness (QED) is 0.240. The number of nitrogens with one attached hydrogen (secondary N) is 1. The first-order valence-corrected chi connectivity index (χ1v) is 11.8. The van der Waals surface area contributed by atoms with Crippen LogP contribution in [0.1, 0.15) is 23.1 Å². The fourth-order valence-electron chi connectivity index (χ4n) is 4.95. The number of hydrogen-bond donors (Lipinski definition) is 2. The molecule has 2 aliphatic rings. The fraction of sp³-hybridized carbons (Fsp3) is 0.179. The summed E-state index contributed by atoms with van der Waals surface area (Å²) in [7, 11) is 0. The Morgan fingerprint density at radius 2 is 2.06 bits per heavy atom. The normalized spacial score (nSPS) is 18.8. The van der Waals surface area contributed by atoms with Crippen molar-refractivity contribution < 1.29 is 4.79 Å². The van der Waals surface area contributed by atoms with Gasteiger partial charge in [0.25, 0.3) is 5.91 Å². The number of nitrogens with zero attached hydrogens (tertiary/aromatic N) is 5. The molecule has 2 fully saturated rings. The molecule has 2 aromatic heterocycles. The maximum Gasteiger partial charge on any atom is 0.254 e. The molecule has 8 nitrogen and oxygen atoms in total.